The maximum absolute atomic E-state index is 11.6. The average Bonchev–Trinajstić information content (AvgIpc) is 3.38. The molecule has 0 aliphatic heterocycles. The molecule has 3 aromatic carbocycles. The van der Waals surface area contributed by atoms with Crippen LogP contribution in [-0.4, -0.2) is 32.4 Å². The van der Waals surface area contributed by atoms with Crippen LogP contribution in [-0.2, 0) is 23.8 Å². The van der Waals surface area contributed by atoms with Crippen LogP contribution in [0.4, 0.5) is 5.69 Å². The second-order valence-electron chi connectivity index (χ2n) is 12.6. The van der Waals surface area contributed by atoms with E-state index in [0.717, 1.165) is 56.8 Å². The van der Waals surface area contributed by atoms with Gasteiger partial charge in [-0.1, -0.05) is 103 Å². The molecule has 4 aromatic rings. The molecule has 2 N–H and O–H groups in total. The molecule has 7 nitrogen and oxygen atoms in total. The van der Waals surface area contributed by atoms with Crippen LogP contribution in [0.3, 0.4) is 0 Å². The number of rotatable bonds is 16. The van der Waals surface area contributed by atoms with Crippen molar-refractivity contribution in [3.8, 4) is 17.1 Å². The normalized spacial score (nSPS) is 12.2. The molecule has 0 radical (unpaired) electrons. The highest BCUT2D eigenvalue weighted by Crippen LogP contribution is 2.34. The molecule has 8 heteroatoms. The van der Waals surface area contributed by atoms with Crippen molar-refractivity contribution in [2.24, 2.45) is 7.05 Å². The van der Waals surface area contributed by atoms with Crippen molar-refractivity contribution in [3.05, 3.63) is 83.4 Å². The molecule has 0 saturated heterocycles. The largest absolute Gasteiger partial charge is 0.493 e. The third kappa shape index (κ3) is 9.36. The van der Waals surface area contributed by atoms with Crippen molar-refractivity contribution in [2.75, 3.05) is 11.9 Å². The van der Waals surface area contributed by atoms with Crippen LogP contribution in [0.15, 0.2) is 76.8 Å². The molecular formula is C37H48N4O3S. The second kappa shape index (κ2) is 16.0. The van der Waals surface area contributed by atoms with E-state index in [1.54, 1.807) is 11.8 Å². The van der Waals surface area contributed by atoms with Gasteiger partial charge in [0.05, 0.1) is 12.5 Å². The lowest BCUT2D eigenvalue weighted by Crippen LogP contribution is -2.10. The fraction of sp³-hybridized carbons (Fsp3) is 0.432. The van der Waals surface area contributed by atoms with Crippen LogP contribution in [0.25, 0.3) is 11.4 Å². The number of nitrogens with zero attached hydrogens (tertiary/aromatic N) is 3. The van der Waals surface area contributed by atoms with Gasteiger partial charge >= 0.3 is 5.97 Å². The van der Waals surface area contributed by atoms with Crippen LogP contribution in [0.5, 0.6) is 5.75 Å². The summed E-state index contributed by atoms with van der Waals surface area (Å²) in [6.07, 6.45) is 6.45. The molecule has 0 aliphatic carbocycles. The fourth-order valence-corrected chi connectivity index (χ4v) is 6.05. The number of carbonyl (C=O) groups is 1. The molecule has 0 amide bonds. The zero-order valence-electron chi connectivity index (χ0n) is 27.6. The molecule has 0 spiro atoms. The van der Waals surface area contributed by atoms with E-state index in [9.17, 15) is 9.90 Å². The Morgan fingerprint density at radius 2 is 1.67 bits per heavy atom. The lowest BCUT2D eigenvalue weighted by molar-refractivity contribution is -0.138. The molecule has 45 heavy (non-hydrogen) atoms. The van der Waals surface area contributed by atoms with Crippen molar-refractivity contribution >= 4 is 23.4 Å². The predicted molar refractivity (Wildman–Crippen MR) is 184 cm³/mol. The Labute approximate surface area is 272 Å². The van der Waals surface area contributed by atoms with Crippen LogP contribution >= 0.6 is 11.8 Å². The standard InChI is InChI=1S/C37H48N4O3S/c1-7-9-10-11-12-23-44-33-24-31(22-17-28(33)25-38-30-20-15-26(16-21-30)32(8-2)35(42)43)45-36-40-39-34(41(36)6)27-13-18-29(19-14-27)37(3,4)5/h13-22,24,32,38H,7-12,23,25H2,1-6H3,(H,42,43). The van der Waals surface area contributed by atoms with Gasteiger partial charge in [-0.25, -0.2) is 0 Å². The van der Waals surface area contributed by atoms with Gasteiger partial charge in [0.1, 0.15) is 5.75 Å². The van der Waals surface area contributed by atoms with Gasteiger partial charge in [0.15, 0.2) is 11.0 Å². The van der Waals surface area contributed by atoms with Gasteiger partial charge in [-0.3, -0.25) is 4.79 Å². The monoisotopic (exact) mass is 628 g/mol. The van der Waals surface area contributed by atoms with Crippen molar-refractivity contribution < 1.29 is 14.6 Å². The molecule has 0 saturated carbocycles. The van der Waals surface area contributed by atoms with E-state index in [1.807, 2.05) is 42.8 Å². The first-order valence-electron chi connectivity index (χ1n) is 16.1. The van der Waals surface area contributed by atoms with E-state index in [0.29, 0.717) is 19.6 Å². The van der Waals surface area contributed by atoms with Gasteiger partial charge < -0.3 is 19.7 Å². The lowest BCUT2D eigenvalue weighted by Gasteiger charge is -2.19. The molecule has 1 unspecified atom stereocenters. The number of nitrogens with one attached hydrogen (secondary N) is 1. The molecule has 0 fully saturated rings. The van der Waals surface area contributed by atoms with Crippen molar-refractivity contribution in [1.29, 1.82) is 0 Å². The summed E-state index contributed by atoms with van der Waals surface area (Å²) in [6, 6.07) is 22.6. The summed E-state index contributed by atoms with van der Waals surface area (Å²) < 4.78 is 8.40. The van der Waals surface area contributed by atoms with Gasteiger partial charge in [-0.05, 0) is 65.4 Å². The molecular weight excluding hydrogens is 580 g/mol. The fourth-order valence-electron chi connectivity index (χ4n) is 5.23. The topological polar surface area (TPSA) is 89.3 Å². The Bertz CT molecular complexity index is 1530. The van der Waals surface area contributed by atoms with E-state index in [2.05, 4.69) is 85.7 Å². The summed E-state index contributed by atoms with van der Waals surface area (Å²) in [5.41, 5.74) is 5.24. The third-order valence-electron chi connectivity index (χ3n) is 8.10. The number of hydrogen-bond acceptors (Lipinski definition) is 6. The quantitative estimate of drug-likeness (QED) is 0.119. The van der Waals surface area contributed by atoms with Gasteiger partial charge in [0, 0.05) is 35.3 Å². The van der Waals surface area contributed by atoms with Crippen LogP contribution < -0.4 is 10.1 Å². The number of ether oxygens (including phenoxy) is 1. The van der Waals surface area contributed by atoms with Crippen molar-refractivity contribution in [2.45, 2.75) is 101 Å². The number of anilines is 1. The summed E-state index contributed by atoms with van der Waals surface area (Å²) >= 11 is 1.57. The van der Waals surface area contributed by atoms with Gasteiger partial charge in [-0.15, -0.1) is 10.2 Å². The summed E-state index contributed by atoms with van der Waals surface area (Å²) in [5, 5.41) is 22.8. The SMILES string of the molecule is CCCCCCCOc1cc(Sc2nnc(-c3ccc(C(C)(C)C)cc3)n2C)ccc1CNc1ccc(C(CC)C(=O)O)cc1. The van der Waals surface area contributed by atoms with Gasteiger partial charge in [0.2, 0.25) is 0 Å². The van der Waals surface area contributed by atoms with Crippen LogP contribution in [0, 0.1) is 0 Å². The maximum atomic E-state index is 11.6. The number of unbranched alkanes of at least 4 members (excludes halogenated alkanes) is 4. The first kappa shape index (κ1) is 34.1. The number of aromatic nitrogens is 3. The maximum Gasteiger partial charge on any atom is 0.310 e. The Morgan fingerprint density at radius 3 is 2.31 bits per heavy atom. The minimum Gasteiger partial charge on any atom is -0.493 e. The molecule has 240 valence electrons. The molecule has 1 aromatic heterocycles. The minimum absolute atomic E-state index is 0.0985. The van der Waals surface area contributed by atoms with Crippen LogP contribution in [0.2, 0.25) is 0 Å². The highest BCUT2D eigenvalue weighted by Gasteiger charge is 2.18. The molecule has 0 bridgehead atoms. The first-order valence-corrected chi connectivity index (χ1v) is 16.9. The second-order valence-corrected chi connectivity index (χ2v) is 13.6. The third-order valence-corrected chi connectivity index (χ3v) is 9.13. The Balaban J connectivity index is 1.48. The predicted octanol–water partition coefficient (Wildman–Crippen LogP) is 9.47. The van der Waals surface area contributed by atoms with Gasteiger partial charge in [-0.2, -0.15) is 0 Å². The zero-order valence-corrected chi connectivity index (χ0v) is 28.4. The number of carboxylic acid groups (broad SMARTS) is 1. The Morgan fingerprint density at radius 1 is 0.956 bits per heavy atom. The number of aliphatic carboxylic acids is 1. The number of carboxylic acids is 1. The van der Waals surface area contributed by atoms with Crippen molar-refractivity contribution in [3.63, 3.8) is 0 Å². The molecule has 0 aliphatic rings. The molecule has 1 atom stereocenters. The van der Waals surface area contributed by atoms with Gasteiger partial charge in [0.25, 0.3) is 0 Å². The number of hydrogen-bond donors (Lipinski definition) is 2. The Hall–Kier alpha value is -3.78. The Kier molecular flexibility index (Phi) is 12.1. The summed E-state index contributed by atoms with van der Waals surface area (Å²) in [4.78, 5) is 12.6. The molecule has 1 heterocycles. The summed E-state index contributed by atoms with van der Waals surface area (Å²) in [7, 11) is 2.01. The number of benzene rings is 3. The van der Waals surface area contributed by atoms with Crippen LogP contribution in [0.1, 0.15) is 95.8 Å². The smallest absolute Gasteiger partial charge is 0.310 e. The minimum atomic E-state index is -0.792. The highest BCUT2D eigenvalue weighted by atomic mass is 32.2. The highest BCUT2D eigenvalue weighted by molar-refractivity contribution is 7.99. The lowest BCUT2D eigenvalue weighted by atomic mass is 9.87. The summed E-state index contributed by atoms with van der Waals surface area (Å²) in [6.45, 7) is 12.0. The van der Waals surface area contributed by atoms with E-state index in [4.69, 9.17) is 4.74 Å². The first-order chi connectivity index (χ1) is 21.6. The molecule has 4 rings (SSSR count). The van der Waals surface area contributed by atoms with Crippen molar-refractivity contribution in [1.82, 2.24) is 14.8 Å². The van der Waals surface area contributed by atoms with E-state index in [-0.39, 0.29) is 5.41 Å². The zero-order chi connectivity index (χ0) is 32.4. The van der Waals surface area contributed by atoms with E-state index in [1.165, 1.54) is 24.8 Å². The summed E-state index contributed by atoms with van der Waals surface area (Å²) in [5.74, 6) is 0.416. The van der Waals surface area contributed by atoms with E-state index >= 15 is 0 Å². The van der Waals surface area contributed by atoms with E-state index < -0.39 is 11.9 Å². The average molecular weight is 629 g/mol.